The lowest BCUT2D eigenvalue weighted by Crippen LogP contribution is -2.15. The Balaban J connectivity index is 3.29. The summed E-state index contributed by atoms with van der Waals surface area (Å²) < 4.78 is 50.3. The number of hydrogen-bond donors (Lipinski definition) is 2. The first kappa shape index (κ1) is 14.7. The molecule has 0 heterocycles. The average Bonchev–Trinajstić information content (AvgIpc) is 2.23. The molecule has 0 aromatic heterocycles. The van der Waals surface area contributed by atoms with Gasteiger partial charge in [0.1, 0.15) is 18.0 Å². The summed E-state index contributed by atoms with van der Waals surface area (Å²) in [6.45, 7) is -0.800. The highest BCUT2D eigenvalue weighted by Crippen LogP contribution is 2.37. The van der Waals surface area contributed by atoms with Crippen molar-refractivity contribution in [3.63, 3.8) is 0 Å². The molecule has 0 aliphatic rings. The molecule has 0 atom stereocenters. The average molecular weight is 282 g/mol. The summed E-state index contributed by atoms with van der Waals surface area (Å²) in [4.78, 5) is 19.7. The molecule has 0 radical (unpaired) electrons. The number of nitrogens with one attached hydrogen (secondary N) is 1. The first-order valence-electron chi connectivity index (χ1n) is 4.63. The number of anilines is 1. The summed E-state index contributed by atoms with van der Waals surface area (Å²) in [5, 5.41) is 20.9. The fraction of sp³-hybridized carbons (Fsp3) is 0.222. The van der Waals surface area contributed by atoms with E-state index in [1.165, 1.54) is 0 Å². The number of alkyl halides is 3. The van der Waals surface area contributed by atoms with Crippen molar-refractivity contribution in [2.45, 2.75) is 6.18 Å². The number of aliphatic carboxylic acids is 1. The monoisotopic (exact) mass is 282 g/mol. The molecule has 0 bridgehead atoms. The van der Waals surface area contributed by atoms with Gasteiger partial charge in [0.05, 0.1) is 10.5 Å². The maximum Gasteiger partial charge on any atom is 0.419 e. The van der Waals surface area contributed by atoms with Gasteiger partial charge in [0.2, 0.25) is 0 Å². The van der Waals surface area contributed by atoms with E-state index in [4.69, 9.17) is 5.11 Å². The van der Waals surface area contributed by atoms with Crippen molar-refractivity contribution < 1.29 is 32.4 Å². The Morgan fingerprint density at radius 1 is 1.42 bits per heavy atom. The molecular formula is C9H6F4N2O4. The number of carboxylic acid groups (broad SMARTS) is 1. The van der Waals surface area contributed by atoms with Crippen LogP contribution in [0.15, 0.2) is 12.1 Å². The van der Waals surface area contributed by atoms with Crippen LogP contribution >= 0.6 is 0 Å². The molecule has 19 heavy (non-hydrogen) atoms. The summed E-state index contributed by atoms with van der Waals surface area (Å²) in [7, 11) is 0. The molecule has 0 unspecified atom stereocenters. The predicted octanol–water partition coefficient (Wildman–Crippen LogP) is 2.25. The highest BCUT2D eigenvalue weighted by Gasteiger charge is 2.37. The number of benzene rings is 1. The number of nitro benzene ring substituents is 1. The van der Waals surface area contributed by atoms with E-state index < -0.39 is 46.4 Å². The van der Waals surface area contributed by atoms with Gasteiger partial charge in [0, 0.05) is 12.1 Å². The summed E-state index contributed by atoms with van der Waals surface area (Å²) >= 11 is 0. The van der Waals surface area contributed by atoms with Crippen LogP contribution in [0, 0.1) is 15.9 Å². The van der Waals surface area contributed by atoms with Crippen LogP contribution in [0.1, 0.15) is 5.56 Å². The van der Waals surface area contributed by atoms with Gasteiger partial charge < -0.3 is 10.4 Å². The minimum atomic E-state index is -5.08. The van der Waals surface area contributed by atoms with Crippen LogP contribution in [0.25, 0.3) is 0 Å². The van der Waals surface area contributed by atoms with Crippen molar-refractivity contribution >= 4 is 17.3 Å². The lowest BCUT2D eigenvalue weighted by Gasteiger charge is -2.10. The van der Waals surface area contributed by atoms with Gasteiger partial charge >= 0.3 is 12.1 Å². The van der Waals surface area contributed by atoms with Crippen LogP contribution in [0.3, 0.4) is 0 Å². The topological polar surface area (TPSA) is 92.5 Å². The zero-order valence-corrected chi connectivity index (χ0v) is 8.99. The minimum absolute atomic E-state index is 0.0134. The second kappa shape index (κ2) is 5.08. The van der Waals surface area contributed by atoms with Crippen molar-refractivity contribution in [1.82, 2.24) is 0 Å². The Morgan fingerprint density at radius 3 is 2.42 bits per heavy atom. The zero-order valence-electron chi connectivity index (χ0n) is 8.99. The molecule has 0 aliphatic heterocycles. The van der Waals surface area contributed by atoms with Gasteiger partial charge in [-0.25, -0.2) is 4.39 Å². The number of hydrogen-bond acceptors (Lipinski definition) is 4. The van der Waals surface area contributed by atoms with E-state index in [1.807, 2.05) is 5.32 Å². The predicted molar refractivity (Wildman–Crippen MR) is 54.2 cm³/mol. The molecule has 1 aromatic carbocycles. The van der Waals surface area contributed by atoms with Gasteiger partial charge in [0.15, 0.2) is 0 Å². The van der Waals surface area contributed by atoms with Crippen molar-refractivity contribution in [2.75, 3.05) is 11.9 Å². The van der Waals surface area contributed by atoms with Gasteiger partial charge in [-0.05, 0) is 0 Å². The van der Waals surface area contributed by atoms with Crippen molar-refractivity contribution in [3.05, 3.63) is 33.6 Å². The summed E-state index contributed by atoms with van der Waals surface area (Å²) in [5.74, 6) is -3.14. The Kier molecular flexibility index (Phi) is 3.92. The van der Waals surface area contributed by atoms with E-state index in [9.17, 15) is 32.5 Å². The number of rotatable bonds is 4. The second-order valence-corrected chi connectivity index (χ2v) is 3.35. The molecule has 6 nitrogen and oxygen atoms in total. The van der Waals surface area contributed by atoms with E-state index in [0.717, 1.165) is 0 Å². The lowest BCUT2D eigenvalue weighted by molar-refractivity contribution is -0.384. The van der Waals surface area contributed by atoms with Crippen LogP contribution in [0.4, 0.5) is 28.9 Å². The van der Waals surface area contributed by atoms with E-state index in [-0.39, 0.29) is 12.1 Å². The number of nitrogens with zero attached hydrogens (tertiary/aromatic N) is 1. The highest BCUT2D eigenvalue weighted by molar-refractivity contribution is 5.75. The molecule has 1 aromatic rings. The number of carboxylic acids is 1. The van der Waals surface area contributed by atoms with Crippen LogP contribution in [0.5, 0.6) is 0 Å². The van der Waals surface area contributed by atoms with Crippen molar-refractivity contribution in [2.24, 2.45) is 0 Å². The molecule has 0 saturated carbocycles. The van der Waals surface area contributed by atoms with Gasteiger partial charge in [-0.3, -0.25) is 14.9 Å². The van der Waals surface area contributed by atoms with Crippen molar-refractivity contribution in [1.29, 1.82) is 0 Å². The molecule has 1 rings (SSSR count). The third-order valence-electron chi connectivity index (χ3n) is 2.02. The third-order valence-corrected chi connectivity index (χ3v) is 2.02. The van der Waals surface area contributed by atoms with E-state index in [1.54, 1.807) is 0 Å². The fourth-order valence-electron chi connectivity index (χ4n) is 1.24. The SMILES string of the molecule is O=C(O)CNc1cc(F)c(C(F)(F)F)cc1[N+](=O)[O-]. The van der Waals surface area contributed by atoms with Gasteiger partial charge in [-0.15, -0.1) is 0 Å². The minimum Gasteiger partial charge on any atom is -0.480 e. The Hall–Kier alpha value is -2.39. The maximum absolute atomic E-state index is 13.2. The van der Waals surface area contributed by atoms with E-state index in [2.05, 4.69) is 0 Å². The van der Waals surface area contributed by atoms with Gasteiger partial charge in [-0.1, -0.05) is 0 Å². The Morgan fingerprint density at radius 2 is 2.00 bits per heavy atom. The maximum atomic E-state index is 13.2. The molecule has 0 amide bonds. The normalized spacial score (nSPS) is 11.2. The molecule has 0 spiro atoms. The molecular weight excluding hydrogens is 276 g/mol. The van der Waals surface area contributed by atoms with Crippen LogP contribution in [-0.4, -0.2) is 22.5 Å². The van der Waals surface area contributed by atoms with Crippen LogP contribution < -0.4 is 5.32 Å². The summed E-state index contributed by atoms with van der Waals surface area (Å²) in [6.07, 6.45) is -5.08. The molecule has 10 heteroatoms. The van der Waals surface area contributed by atoms with E-state index in [0.29, 0.717) is 0 Å². The molecule has 2 N–H and O–H groups in total. The third kappa shape index (κ3) is 3.53. The summed E-state index contributed by atoms with van der Waals surface area (Å²) in [6, 6.07) is 0.253. The van der Waals surface area contributed by atoms with E-state index >= 15 is 0 Å². The smallest absolute Gasteiger partial charge is 0.419 e. The van der Waals surface area contributed by atoms with Gasteiger partial charge in [-0.2, -0.15) is 13.2 Å². The summed E-state index contributed by atoms with van der Waals surface area (Å²) in [5.41, 5.74) is -3.49. The number of nitro groups is 1. The first-order valence-corrected chi connectivity index (χ1v) is 4.63. The zero-order chi connectivity index (χ0) is 14.8. The van der Waals surface area contributed by atoms with Crippen molar-refractivity contribution in [3.8, 4) is 0 Å². The highest BCUT2D eigenvalue weighted by atomic mass is 19.4. The fourth-order valence-corrected chi connectivity index (χ4v) is 1.24. The first-order chi connectivity index (χ1) is 8.62. The molecule has 0 aliphatic carbocycles. The second-order valence-electron chi connectivity index (χ2n) is 3.35. The molecule has 0 fully saturated rings. The Bertz CT molecular complexity index is 530. The molecule has 0 saturated heterocycles. The lowest BCUT2D eigenvalue weighted by atomic mass is 10.1. The number of carbonyl (C=O) groups is 1. The van der Waals surface area contributed by atoms with Gasteiger partial charge in [0.25, 0.3) is 5.69 Å². The van der Waals surface area contributed by atoms with Crippen LogP contribution in [-0.2, 0) is 11.0 Å². The standard InChI is InChI=1S/C9H6F4N2O4/c10-5-2-6(14-3-8(16)17)7(15(18)19)1-4(5)9(11,12)13/h1-2,14H,3H2,(H,16,17). The quantitative estimate of drug-likeness (QED) is 0.502. The van der Waals surface area contributed by atoms with Crippen LogP contribution in [0.2, 0.25) is 0 Å². The molecule has 104 valence electrons. The Labute approximate surface area is 102 Å². The number of halogens is 4. The largest absolute Gasteiger partial charge is 0.480 e.